The Labute approximate surface area is 95.1 Å². The Kier molecular flexibility index (Phi) is 4.49. The fourth-order valence-electron chi connectivity index (χ4n) is 1.59. The fourth-order valence-corrected chi connectivity index (χ4v) is 1.59. The Morgan fingerprint density at radius 1 is 1.69 bits per heavy atom. The molecule has 1 N–H and O–H groups in total. The molecule has 0 fully saturated rings. The number of methoxy groups -OCH3 is 1. The summed E-state index contributed by atoms with van der Waals surface area (Å²) >= 11 is 0. The van der Waals surface area contributed by atoms with Crippen molar-refractivity contribution in [3.8, 4) is 0 Å². The first-order valence-corrected chi connectivity index (χ1v) is 5.35. The standard InChI is InChI=1S/C11H18N2O3/c1-4-13-7-12-6-9(13)11(15)8(2)5-10(14)16-3/h6-8,11,15H,4-5H2,1-3H3. The molecule has 0 aliphatic rings. The van der Waals surface area contributed by atoms with Gasteiger partial charge in [-0.05, 0) is 12.8 Å². The molecule has 5 nitrogen and oxygen atoms in total. The number of imidazole rings is 1. The minimum Gasteiger partial charge on any atom is -0.469 e. The molecular weight excluding hydrogens is 208 g/mol. The van der Waals surface area contributed by atoms with E-state index >= 15 is 0 Å². The quantitative estimate of drug-likeness (QED) is 0.764. The zero-order chi connectivity index (χ0) is 12.1. The van der Waals surface area contributed by atoms with Crippen LogP contribution in [0.5, 0.6) is 0 Å². The number of aliphatic hydroxyl groups excluding tert-OH is 1. The maximum atomic E-state index is 11.1. The largest absolute Gasteiger partial charge is 0.469 e. The summed E-state index contributed by atoms with van der Waals surface area (Å²) in [6.07, 6.45) is 2.80. The van der Waals surface area contributed by atoms with Crippen LogP contribution in [0, 0.1) is 5.92 Å². The Balaban J connectivity index is 2.70. The Morgan fingerprint density at radius 3 is 2.94 bits per heavy atom. The van der Waals surface area contributed by atoms with E-state index in [0.717, 1.165) is 12.2 Å². The lowest BCUT2D eigenvalue weighted by Gasteiger charge is -2.18. The van der Waals surface area contributed by atoms with Crippen molar-refractivity contribution in [3.63, 3.8) is 0 Å². The van der Waals surface area contributed by atoms with Crippen LogP contribution in [0.3, 0.4) is 0 Å². The molecule has 16 heavy (non-hydrogen) atoms. The lowest BCUT2D eigenvalue weighted by Crippen LogP contribution is -2.17. The number of carbonyl (C=O) groups is 1. The number of aromatic nitrogens is 2. The minimum absolute atomic E-state index is 0.186. The molecule has 0 amide bonds. The summed E-state index contributed by atoms with van der Waals surface area (Å²) in [5.41, 5.74) is 0.735. The average molecular weight is 226 g/mol. The molecule has 0 aliphatic heterocycles. The van der Waals surface area contributed by atoms with Gasteiger partial charge < -0.3 is 14.4 Å². The number of aryl methyl sites for hydroxylation is 1. The van der Waals surface area contributed by atoms with Crippen molar-refractivity contribution in [3.05, 3.63) is 18.2 Å². The SMILES string of the molecule is CCn1cncc1C(O)C(C)CC(=O)OC. The fraction of sp³-hybridized carbons (Fsp3) is 0.636. The van der Waals surface area contributed by atoms with Crippen molar-refractivity contribution in [1.29, 1.82) is 0 Å². The second kappa shape index (κ2) is 5.65. The summed E-state index contributed by atoms with van der Waals surface area (Å²) < 4.78 is 6.43. The van der Waals surface area contributed by atoms with E-state index < -0.39 is 6.10 Å². The van der Waals surface area contributed by atoms with Gasteiger partial charge in [0.1, 0.15) is 0 Å². The Morgan fingerprint density at radius 2 is 2.38 bits per heavy atom. The van der Waals surface area contributed by atoms with E-state index in [4.69, 9.17) is 0 Å². The van der Waals surface area contributed by atoms with Crippen LogP contribution >= 0.6 is 0 Å². The predicted molar refractivity (Wildman–Crippen MR) is 58.7 cm³/mol. The molecule has 0 spiro atoms. The molecule has 0 saturated heterocycles. The number of hydrogen-bond donors (Lipinski definition) is 1. The summed E-state index contributed by atoms with van der Waals surface area (Å²) in [7, 11) is 1.34. The smallest absolute Gasteiger partial charge is 0.305 e. The van der Waals surface area contributed by atoms with Gasteiger partial charge in [-0.1, -0.05) is 6.92 Å². The summed E-state index contributed by atoms with van der Waals surface area (Å²) in [6.45, 7) is 4.54. The molecule has 1 aromatic heterocycles. The average Bonchev–Trinajstić information content (AvgIpc) is 2.75. The number of carbonyl (C=O) groups excluding carboxylic acids is 1. The maximum absolute atomic E-state index is 11.1. The summed E-state index contributed by atoms with van der Waals surface area (Å²) in [5.74, 6) is -0.497. The van der Waals surface area contributed by atoms with E-state index in [0.29, 0.717) is 0 Å². The van der Waals surface area contributed by atoms with Crippen molar-refractivity contribution >= 4 is 5.97 Å². The van der Waals surface area contributed by atoms with Crippen LogP contribution in [-0.2, 0) is 16.1 Å². The first-order chi connectivity index (χ1) is 7.60. The van der Waals surface area contributed by atoms with Gasteiger partial charge in [0.25, 0.3) is 0 Å². The number of esters is 1. The summed E-state index contributed by atoms with van der Waals surface area (Å²) in [5, 5.41) is 10.1. The predicted octanol–water partition coefficient (Wildman–Crippen LogP) is 1.14. The van der Waals surface area contributed by atoms with Crippen molar-refractivity contribution in [2.45, 2.75) is 32.9 Å². The van der Waals surface area contributed by atoms with Crippen molar-refractivity contribution in [2.24, 2.45) is 5.92 Å². The first kappa shape index (κ1) is 12.7. The summed E-state index contributed by atoms with van der Waals surface area (Å²) in [6, 6.07) is 0. The van der Waals surface area contributed by atoms with Crippen LogP contribution in [0.1, 0.15) is 32.1 Å². The van der Waals surface area contributed by atoms with Crippen LogP contribution in [0.15, 0.2) is 12.5 Å². The molecule has 5 heteroatoms. The van der Waals surface area contributed by atoms with E-state index in [1.165, 1.54) is 7.11 Å². The second-order valence-corrected chi connectivity index (χ2v) is 3.81. The lowest BCUT2D eigenvalue weighted by atomic mass is 9.98. The van der Waals surface area contributed by atoms with Crippen LogP contribution < -0.4 is 0 Å². The molecular formula is C11H18N2O3. The van der Waals surface area contributed by atoms with Crippen LogP contribution in [-0.4, -0.2) is 27.7 Å². The van der Waals surface area contributed by atoms with Gasteiger partial charge in [0.2, 0.25) is 0 Å². The number of aliphatic hydroxyl groups is 1. The van der Waals surface area contributed by atoms with Gasteiger partial charge in [-0.15, -0.1) is 0 Å². The van der Waals surface area contributed by atoms with Gasteiger partial charge in [0.05, 0.1) is 37.9 Å². The number of rotatable bonds is 5. The molecule has 1 heterocycles. The zero-order valence-electron chi connectivity index (χ0n) is 9.88. The van der Waals surface area contributed by atoms with Crippen molar-refractivity contribution < 1.29 is 14.6 Å². The van der Waals surface area contributed by atoms with E-state index in [1.807, 2.05) is 18.4 Å². The molecule has 0 aliphatic carbocycles. The number of nitrogens with zero attached hydrogens (tertiary/aromatic N) is 2. The van der Waals surface area contributed by atoms with Crippen LogP contribution in [0.2, 0.25) is 0 Å². The third kappa shape index (κ3) is 2.82. The second-order valence-electron chi connectivity index (χ2n) is 3.81. The van der Waals surface area contributed by atoms with E-state index in [1.54, 1.807) is 12.5 Å². The number of hydrogen-bond acceptors (Lipinski definition) is 4. The first-order valence-electron chi connectivity index (χ1n) is 5.35. The minimum atomic E-state index is -0.693. The van der Waals surface area contributed by atoms with Crippen LogP contribution in [0.25, 0.3) is 0 Å². The topological polar surface area (TPSA) is 64.3 Å². The van der Waals surface area contributed by atoms with Crippen molar-refractivity contribution in [1.82, 2.24) is 9.55 Å². The Hall–Kier alpha value is -1.36. The van der Waals surface area contributed by atoms with E-state index in [9.17, 15) is 9.90 Å². The molecule has 2 unspecified atom stereocenters. The normalized spacial score (nSPS) is 14.5. The van der Waals surface area contributed by atoms with Gasteiger partial charge in [0, 0.05) is 6.54 Å². The van der Waals surface area contributed by atoms with Gasteiger partial charge in [0.15, 0.2) is 0 Å². The number of ether oxygens (including phenoxy) is 1. The third-order valence-corrected chi connectivity index (χ3v) is 2.64. The summed E-state index contributed by atoms with van der Waals surface area (Å²) in [4.78, 5) is 15.1. The highest BCUT2D eigenvalue weighted by atomic mass is 16.5. The molecule has 90 valence electrons. The van der Waals surface area contributed by atoms with E-state index in [-0.39, 0.29) is 18.3 Å². The van der Waals surface area contributed by atoms with E-state index in [2.05, 4.69) is 9.72 Å². The zero-order valence-corrected chi connectivity index (χ0v) is 9.88. The molecule has 2 atom stereocenters. The van der Waals surface area contributed by atoms with Gasteiger partial charge >= 0.3 is 5.97 Å². The molecule has 1 rings (SSSR count). The molecule has 0 aromatic carbocycles. The van der Waals surface area contributed by atoms with Gasteiger partial charge in [-0.25, -0.2) is 4.98 Å². The van der Waals surface area contributed by atoms with Crippen molar-refractivity contribution in [2.75, 3.05) is 7.11 Å². The maximum Gasteiger partial charge on any atom is 0.305 e. The Bertz CT molecular complexity index is 349. The van der Waals surface area contributed by atoms with Crippen LogP contribution in [0.4, 0.5) is 0 Å². The lowest BCUT2D eigenvalue weighted by molar-refractivity contribution is -0.142. The molecule has 1 aromatic rings. The monoisotopic (exact) mass is 226 g/mol. The van der Waals surface area contributed by atoms with Gasteiger partial charge in [-0.2, -0.15) is 0 Å². The van der Waals surface area contributed by atoms with Gasteiger partial charge in [-0.3, -0.25) is 4.79 Å². The highest BCUT2D eigenvalue weighted by Crippen LogP contribution is 2.24. The molecule has 0 saturated carbocycles. The highest BCUT2D eigenvalue weighted by Gasteiger charge is 2.22. The highest BCUT2D eigenvalue weighted by molar-refractivity contribution is 5.69. The molecule has 0 bridgehead atoms. The third-order valence-electron chi connectivity index (χ3n) is 2.64. The molecule has 0 radical (unpaired) electrons.